The third-order valence-electron chi connectivity index (χ3n) is 3.74. The first kappa shape index (κ1) is 17.5. The van der Waals surface area contributed by atoms with Crippen LogP contribution in [0.4, 0.5) is 26.1 Å². The molecule has 132 valence electrons. The largest absolute Gasteiger partial charge is 0.322 e. The summed E-state index contributed by atoms with van der Waals surface area (Å²) in [5.74, 6) is -1.91. The molecule has 0 radical (unpaired) electrons. The van der Waals surface area contributed by atoms with E-state index in [1.54, 1.807) is 0 Å². The van der Waals surface area contributed by atoms with Crippen LogP contribution >= 0.6 is 0 Å². The van der Waals surface area contributed by atoms with Crippen LogP contribution in [0, 0.1) is 25.5 Å². The molecular weight excluding hydrogens is 338 g/mol. The van der Waals surface area contributed by atoms with Crippen molar-refractivity contribution in [2.75, 3.05) is 10.6 Å². The number of benzene rings is 2. The highest BCUT2D eigenvalue weighted by molar-refractivity contribution is 6.04. The van der Waals surface area contributed by atoms with Gasteiger partial charge in [0.05, 0.1) is 5.56 Å². The number of carbonyl (C=O) groups excluding carboxylic acids is 1. The van der Waals surface area contributed by atoms with Gasteiger partial charge in [-0.3, -0.25) is 4.79 Å². The molecular formula is C19H16F2N4O. The fourth-order valence-electron chi connectivity index (χ4n) is 2.39. The monoisotopic (exact) mass is 354 g/mol. The number of para-hydroxylation sites is 1. The van der Waals surface area contributed by atoms with E-state index in [-0.39, 0.29) is 23.1 Å². The number of rotatable bonds is 4. The van der Waals surface area contributed by atoms with E-state index in [1.165, 1.54) is 18.5 Å². The van der Waals surface area contributed by atoms with Crippen molar-refractivity contribution in [1.82, 2.24) is 9.97 Å². The second kappa shape index (κ2) is 7.26. The van der Waals surface area contributed by atoms with Crippen LogP contribution in [0.3, 0.4) is 0 Å². The molecule has 1 amide bonds. The highest BCUT2D eigenvalue weighted by atomic mass is 19.1. The van der Waals surface area contributed by atoms with Gasteiger partial charge in [0.25, 0.3) is 5.91 Å². The second-order valence-corrected chi connectivity index (χ2v) is 5.79. The fraction of sp³-hybridized carbons (Fsp3) is 0.105. The van der Waals surface area contributed by atoms with Crippen LogP contribution in [0.5, 0.6) is 0 Å². The lowest BCUT2D eigenvalue weighted by molar-refractivity contribution is 0.102. The Balaban J connectivity index is 1.74. The Hall–Kier alpha value is -3.35. The van der Waals surface area contributed by atoms with Crippen molar-refractivity contribution in [1.29, 1.82) is 0 Å². The maximum atomic E-state index is 13.6. The highest BCUT2D eigenvalue weighted by Crippen LogP contribution is 2.21. The lowest BCUT2D eigenvalue weighted by Crippen LogP contribution is -2.14. The molecule has 0 saturated carbocycles. The van der Waals surface area contributed by atoms with E-state index in [2.05, 4.69) is 20.6 Å². The lowest BCUT2D eigenvalue weighted by atomic mass is 10.1. The number of halogens is 2. The van der Waals surface area contributed by atoms with Gasteiger partial charge in [-0.2, -0.15) is 0 Å². The average molecular weight is 354 g/mol. The van der Waals surface area contributed by atoms with Crippen molar-refractivity contribution < 1.29 is 13.6 Å². The molecule has 26 heavy (non-hydrogen) atoms. The van der Waals surface area contributed by atoms with E-state index >= 15 is 0 Å². The van der Waals surface area contributed by atoms with E-state index < -0.39 is 11.6 Å². The van der Waals surface area contributed by atoms with Crippen molar-refractivity contribution >= 4 is 23.2 Å². The van der Waals surface area contributed by atoms with Gasteiger partial charge < -0.3 is 10.6 Å². The van der Waals surface area contributed by atoms with E-state index in [0.717, 1.165) is 23.3 Å². The maximum Gasteiger partial charge on any atom is 0.258 e. The number of aromatic nitrogens is 2. The number of amides is 1. The van der Waals surface area contributed by atoms with Gasteiger partial charge in [0, 0.05) is 18.1 Å². The predicted octanol–water partition coefficient (Wildman–Crippen LogP) is 4.37. The minimum Gasteiger partial charge on any atom is -0.322 e. The Morgan fingerprint density at radius 2 is 1.65 bits per heavy atom. The zero-order valence-corrected chi connectivity index (χ0v) is 14.2. The van der Waals surface area contributed by atoms with Gasteiger partial charge in [0.15, 0.2) is 0 Å². The molecule has 7 heteroatoms. The van der Waals surface area contributed by atoms with Gasteiger partial charge in [0.2, 0.25) is 5.95 Å². The van der Waals surface area contributed by atoms with Crippen molar-refractivity contribution in [2.24, 2.45) is 0 Å². The molecule has 3 rings (SSSR count). The summed E-state index contributed by atoms with van der Waals surface area (Å²) in [6.07, 6.45) is 2.57. The second-order valence-electron chi connectivity index (χ2n) is 5.79. The average Bonchev–Trinajstić information content (AvgIpc) is 2.61. The highest BCUT2D eigenvalue weighted by Gasteiger charge is 2.12. The van der Waals surface area contributed by atoms with Crippen molar-refractivity contribution in [3.63, 3.8) is 0 Å². The summed E-state index contributed by atoms with van der Waals surface area (Å²) >= 11 is 0. The Bertz CT molecular complexity index is 938. The van der Waals surface area contributed by atoms with Crippen LogP contribution in [0.25, 0.3) is 0 Å². The van der Waals surface area contributed by atoms with Crippen molar-refractivity contribution in [3.8, 4) is 0 Å². The van der Waals surface area contributed by atoms with E-state index in [9.17, 15) is 13.6 Å². The van der Waals surface area contributed by atoms with Gasteiger partial charge >= 0.3 is 0 Å². The van der Waals surface area contributed by atoms with Gasteiger partial charge in [-0.1, -0.05) is 23.8 Å². The van der Waals surface area contributed by atoms with Crippen LogP contribution < -0.4 is 10.6 Å². The zero-order valence-electron chi connectivity index (χ0n) is 14.2. The zero-order chi connectivity index (χ0) is 18.7. The maximum absolute atomic E-state index is 13.6. The summed E-state index contributed by atoms with van der Waals surface area (Å²) in [6.45, 7) is 3.87. The third-order valence-corrected chi connectivity index (χ3v) is 3.74. The van der Waals surface area contributed by atoms with Crippen molar-refractivity contribution in [2.45, 2.75) is 13.8 Å². The molecule has 0 spiro atoms. The quantitative estimate of drug-likeness (QED) is 0.730. The topological polar surface area (TPSA) is 66.9 Å². The molecule has 0 bridgehead atoms. The Kier molecular flexibility index (Phi) is 4.88. The van der Waals surface area contributed by atoms with Crippen LogP contribution in [0.1, 0.15) is 21.5 Å². The Labute approximate surface area is 149 Å². The molecule has 0 aliphatic rings. The van der Waals surface area contributed by atoms with E-state index in [0.29, 0.717) is 5.69 Å². The smallest absolute Gasteiger partial charge is 0.258 e. The molecule has 0 unspecified atom stereocenters. The van der Waals surface area contributed by atoms with Gasteiger partial charge in [-0.25, -0.2) is 18.7 Å². The minimum absolute atomic E-state index is 0.0166. The molecule has 2 N–H and O–H groups in total. The number of aryl methyl sites for hydroxylation is 2. The molecule has 1 heterocycles. The molecule has 0 fully saturated rings. The number of hydrogen-bond donors (Lipinski definition) is 2. The van der Waals surface area contributed by atoms with E-state index in [1.807, 2.05) is 32.0 Å². The molecule has 0 atom stereocenters. The number of anilines is 3. The molecule has 2 aromatic carbocycles. The predicted molar refractivity (Wildman–Crippen MR) is 95.5 cm³/mol. The van der Waals surface area contributed by atoms with Crippen LogP contribution in [-0.2, 0) is 0 Å². The number of nitrogens with one attached hydrogen (secondary N) is 2. The first-order chi connectivity index (χ1) is 12.4. The summed E-state index contributed by atoms with van der Waals surface area (Å²) in [4.78, 5) is 20.2. The van der Waals surface area contributed by atoms with E-state index in [4.69, 9.17) is 0 Å². The normalized spacial score (nSPS) is 10.5. The van der Waals surface area contributed by atoms with Crippen LogP contribution in [0.2, 0.25) is 0 Å². The number of nitrogens with zero attached hydrogens (tertiary/aromatic N) is 2. The fourth-order valence-corrected chi connectivity index (χ4v) is 2.39. The Morgan fingerprint density at radius 1 is 1.00 bits per heavy atom. The Morgan fingerprint density at radius 3 is 2.27 bits per heavy atom. The van der Waals surface area contributed by atoms with Gasteiger partial charge in [-0.15, -0.1) is 0 Å². The summed E-state index contributed by atoms with van der Waals surface area (Å²) in [5, 5.41) is 5.25. The van der Waals surface area contributed by atoms with Crippen molar-refractivity contribution in [3.05, 3.63) is 77.1 Å². The lowest BCUT2D eigenvalue weighted by Gasteiger charge is -2.10. The summed E-state index contributed by atoms with van der Waals surface area (Å²) in [7, 11) is 0. The molecule has 0 aliphatic carbocycles. The first-order valence-electron chi connectivity index (χ1n) is 7.86. The summed E-state index contributed by atoms with van der Waals surface area (Å²) in [5.41, 5.74) is 2.60. The van der Waals surface area contributed by atoms with Gasteiger partial charge in [-0.05, 0) is 37.6 Å². The SMILES string of the molecule is Cc1ccc(NC(=O)c2cnc(Nc3c(F)cccc3F)nc2)c(C)c1. The van der Waals surface area contributed by atoms with Crippen LogP contribution in [-0.4, -0.2) is 15.9 Å². The molecule has 3 aromatic rings. The standard InChI is InChI=1S/C19H16F2N4O/c1-11-6-7-16(12(2)8-11)24-18(26)13-9-22-19(23-10-13)25-17-14(20)4-3-5-15(17)21/h3-10H,1-2H3,(H,24,26)(H,22,23,25). The molecule has 0 aliphatic heterocycles. The summed E-state index contributed by atoms with van der Waals surface area (Å²) in [6, 6.07) is 9.18. The summed E-state index contributed by atoms with van der Waals surface area (Å²) < 4.78 is 27.3. The third kappa shape index (κ3) is 3.83. The number of hydrogen-bond acceptors (Lipinski definition) is 4. The van der Waals surface area contributed by atoms with Gasteiger partial charge in [0.1, 0.15) is 17.3 Å². The number of carbonyl (C=O) groups is 1. The van der Waals surface area contributed by atoms with Crippen LogP contribution in [0.15, 0.2) is 48.8 Å². The minimum atomic E-state index is -0.759. The molecule has 0 saturated heterocycles. The first-order valence-corrected chi connectivity index (χ1v) is 7.86. The molecule has 5 nitrogen and oxygen atoms in total. The molecule has 1 aromatic heterocycles.